The SMILES string of the molecule is Bc1c(B)c(B)c(-c2nc(-c3c(B)c(B)c4c(oc5c(B)c(B)c(B)c(-n6c7c(B)c(B)c(B)c(B)c7c7c(B)c(B)c(B)c(B)c76)c54)c3B)nc(-c3c(B)c(B)c(B)c4c3oc3c(B)c(B)c(B)c(B)c34)n2)c(B)c1B. The lowest BCUT2D eigenvalue weighted by molar-refractivity contribution is 0.673. The summed E-state index contributed by atoms with van der Waals surface area (Å²) in [6.45, 7) is 0. The van der Waals surface area contributed by atoms with Crippen LogP contribution in [-0.2, 0) is 0 Å². The molecule has 0 spiro atoms. The van der Waals surface area contributed by atoms with Gasteiger partial charge in [0, 0.05) is 38.3 Å². The highest BCUT2D eigenvalue weighted by Gasteiger charge is 2.32. The second-order valence-corrected chi connectivity index (χ2v) is 23.8. The van der Waals surface area contributed by atoms with E-state index in [4.69, 9.17) is 23.8 Å². The lowest BCUT2D eigenvalue weighted by Gasteiger charge is -2.22. The van der Waals surface area contributed by atoms with Crippen LogP contribution in [0, 0.1) is 0 Å². The van der Waals surface area contributed by atoms with E-state index >= 15 is 0 Å². The summed E-state index contributed by atoms with van der Waals surface area (Å²) in [5.41, 5.74) is 42.6. The van der Waals surface area contributed by atoms with Crippen LogP contribution in [0.1, 0.15) is 0 Å². The molecular weight excluding hydrogens is 910 g/mol. The summed E-state index contributed by atoms with van der Waals surface area (Å²) >= 11 is 0. The van der Waals surface area contributed by atoms with Gasteiger partial charge < -0.3 is 13.4 Å². The van der Waals surface area contributed by atoms with Crippen molar-refractivity contribution in [2.75, 3.05) is 0 Å². The van der Waals surface area contributed by atoms with Crippen molar-refractivity contribution >= 4 is 412 Å². The molecule has 0 saturated carbocycles. The fourth-order valence-corrected chi connectivity index (χ4v) is 14.0. The zero-order chi connectivity index (χ0) is 56.1. The third-order valence-corrected chi connectivity index (χ3v) is 20.9. The number of furan rings is 2. The second-order valence-electron chi connectivity index (χ2n) is 23.8. The average molecular weight is 962 g/mol. The topological polar surface area (TPSA) is 69.9 Å². The third kappa shape index (κ3) is 6.96. The van der Waals surface area contributed by atoms with Gasteiger partial charge in [-0.05, 0) is 16.2 Å². The van der Waals surface area contributed by atoms with Crippen molar-refractivity contribution in [1.82, 2.24) is 19.5 Å². The highest BCUT2D eigenvalue weighted by atomic mass is 16.3. The summed E-state index contributed by atoms with van der Waals surface area (Å²) in [5, 5.41) is 7.33. The van der Waals surface area contributed by atoms with Crippen LogP contribution < -0.4 is 142 Å². The Morgan fingerprint density at radius 3 is 0.948 bits per heavy atom. The Labute approximate surface area is 476 Å². The average Bonchev–Trinajstić information content (AvgIpc) is 4.11. The van der Waals surface area contributed by atoms with E-state index in [-0.39, 0.29) is 0 Å². The van der Waals surface area contributed by atoms with E-state index in [9.17, 15) is 0 Å². The molecular formula is C45H52B26N4O2. The molecule has 4 heterocycles. The molecule has 6 nitrogen and oxygen atoms in total. The molecule has 0 saturated heterocycles. The van der Waals surface area contributed by atoms with Crippen LogP contribution >= 0.6 is 0 Å². The molecule has 0 N–H and O–H groups in total. The van der Waals surface area contributed by atoms with Gasteiger partial charge in [-0.2, -0.15) is 0 Å². The molecule has 0 unspecified atom stereocenters. The zero-order valence-corrected chi connectivity index (χ0v) is 51.1. The van der Waals surface area contributed by atoms with Crippen molar-refractivity contribution in [3.05, 3.63) is 0 Å². The Hall–Kier alpha value is -5.36. The van der Waals surface area contributed by atoms with Crippen molar-refractivity contribution in [1.29, 1.82) is 0 Å². The van der Waals surface area contributed by atoms with E-state index in [1.54, 1.807) is 0 Å². The van der Waals surface area contributed by atoms with Gasteiger partial charge in [0.15, 0.2) is 17.5 Å². The molecule has 7 aromatic carbocycles. The summed E-state index contributed by atoms with van der Waals surface area (Å²) in [6, 6.07) is 0. The molecule has 11 aromatic rings. The number of aromatic nitrogens is 4. The van der Waals surface area contributed by atoms with Crippen molar-refractivity contribution in [3.63, 3.8) is 0 Å². The largest absolute Gasteiger partial charge is 0.457 e. The summed E-state index contributed by atoms with van der Waals surface area (Å²) in [5.74, 6) is 1.90. The molecule has 0 aliphatic rings. The van der Waals surface area contributed by atoms with Crippen LogP contribution in [0.15, 0.2) is 8.83 Å². The van der Waals surface area contributed by atoms with Gasteiger partial charge in [-0.15, -0.1) is 32.8 Å². The van der Waals surface area contributed by atoms with E-state index in [1.165, 1.54) is 148 Å². The fraction of sp³-hybridized carbons (Fsp3) is 0. The molecule has 0 bridgehead atoms. The number of hydrogen-bond acceptors (Lipinski definition) is 5. The number of fused-ring (bicyclic) bond motifs is 9. The maximum atomic E-state index is 7.50. The molecule has 0 fully saturated rings. The number of rotatable bonds is 4. The van der Waals surface area contributed by atoms with E-state index < -0.39 is 0 Å². The Morgan fingerprint density at radius 1 is 0.208 bits per heavy atom. The van der Waals surface area contributed by atoms with E-state index in [0.717, 1.165) is 82.5 Å². The molecule has 0 amide bonds. The summed E-state index contributed by atoms with van der Waals surface area (Å²) in [7, 11) is 58.8. The molecule has 0 aliphatic carbocycles. The first-order chi connectivity index (χ1) is 36.1. The molecule has 0 aliphatic heterocycles. The Balaban J connectivity index is 1.30. The summed E-state index contributed by atoms with van der Waals surface area (Å²) in [4.78, 5) is 16.9. The number of hydrogen-bond donors (Lipinski definition) is 0. The van der Waals surface area contributed by atoms with Crippen LogP contribution in [-0.4, -0.2) is 224 Å². The Bertz CT molecular complexity index is 4560. The van der Waals surface area contributed by atoms with Crippen molar-refractivity contribution in [2.45, 2.75) is 0 Å². The first kappa shape index (κ1) is 53.6. The Kier molecular flexibility index (Phi) is 12.6. The quantitative estimate of drug-likeness (QED) is 0.164. The smallest absolute Gasteiger partial charge is 0.167 e. The summed E-state index contributed by atoms with van der Waals surface area (Å²) in [6.07, 6.45) is 0. The lowest BCUT2D eigenvalue weighted by Crippen LogP contribution is -2.55. The van der Waals surface area contributed by atoms with Crippen LogP contribution in [0.2, 0.25) is 0 Å². The van der Waals surface area contributed by atoms with Crippen molar-refractivity contribution in [2.24, 2.45) is 0 Å². The molecule has 4 aromatic heterocycles. The van der Waals surface area contributed by atoms with Gasteiger partial charge in [-0.3, -0.25) is 0 Å². The van der Waals surface area contributed by atoms with Gasteiger partial charge in [0.05, 0.1) is 16.6 Å². The molecule has 0 atom stereocenters. The molecule has 77 heavy (non-hydrogen) atoms. The first-order valence-electron chi connectivity index (χ1n) is 27.8. The minimum atomic E-state index is 0.609. The van der Waals surface area contributed by atoms with E-state index in [0.29, 0.717) is 17.5 Å². The second kappa shape index (κ2) is 18.1. The van der Waals surface area contributed by atoms with E-state index in [2.05, 4.69) is 209 Å². The molecule has 0 radical (unpaired) electrons. The van der Waals surface area contributed by atoms with Gasteiger partial charge in [0.1, 0.15) is 226 Å². The number of nitrogens with zero attached hydrogens (tertiary/aromatic N) is 4. The van der Waals surface area contributed by atoms with Gasteiger partial charge in [0.25, 0.3) is 0 Å². The molecule has 32 heteroatoms. The van der Waals surface area contributed by atoms with Gasteiger partial charge in [-0.25, -0.2) is 15.0 Å². The maximum absolute atomic E-state index is 7.50. The van der Waals surface area contributed by atoms with Gasteiger partial charge in [0.2, 0.25) is 0 Å². The van der Waals surface area contributed by atoms with Crippen LogP contribution in [0.3, 0.4) is 0 Å². The van der Waals surface area contributed by atoms with E-state index in [1.807, 2.05) is 0 Å². The highest BCUT2D eigenvalue weighted by Crippen LogP contribution is 2.36. The van der Waals surface area contributed by atoms with Gasteiger partial charge in [-0.1, -0.05) is 104 Å². The van der Waals surface area contributed by atoms with Gasteiger partial charge >= 0.3 is 0 Å². The minimum Gasteiger partial charge on any atom is -0.457 e. The standard InChI is InChI=1S/C45H52B26N4O2/c46-10-1-2-11(47)22(58)28(64)32(68)37(2)75(36(1)31(67)27(63)21(10)57)38-6-5-12(48)15(51)8(19(55)40(5)77-42(6)35(71)30(66)33(38)69)44-72-43(7-16(52)24(60)26(62)25(61)17(7)53)73-45(74-44)9-18(54)20(56)13(49)3-4-14(50)23(59)29(65)34(70)41(4)76-39(3)9/h46-71H2. The number of benzene rings is 7. The van der Waals surface area contributed by atoms with Crippen molar-refractivity contribution < 1.29 is 8.83 Å². The lowest BCUT2D eigenvalue weighted by atomic mass is 9.60. The normalized spacial score (nSPS) is 11.9. The zero-order valence-electron chi connectivity index (χ0n) is 51.1. The van der Waals surface area contributed by atoms with Crippen LogP contribution in [0.4, 0.5) is 0 Å². The fourth-order valence-electron chi connectivity index (χ4n) is 14.0. The van der Waals surface area contributed by atoms with Crippen molar-refractivity contribution in [3.8, 4) is 39.9 Å². The minimum absolute atomic E-state index is 0.609. The predicted octanol–water partition coefficient (Wildman–Crippen LogP) is -33.5. The van der Waals surface area contributed by atoms with Crippen LogP contribution in [0.5, 0.6) is 0 Å². The molecule has 11 rings (SSSR count). The third-order valence-electron chi connectivity index (χ3n) is 20.9. The maximum Gasteiger partial charge on any atom is 0.167 e. The molecule has 342 valence electrons. The Morgan fingerprint density at radius 2 is 0.468 bits per heavy atom. The predicted molar refractivity (Wildman–Crippen MR) is 418 cm³/mol. The first-order valence-corrected chi connectivity index (χ1v) is 27.8. The highest BCUT2D eigenvalue weighted by molar-refractivity contribution is 6.74. The van der Waals surface area contributed by atoms with Crippen LogP contribution in [0.25, 0.3) is 106 Å². The summed E-state index contributed by atoms with van der Waals surface area (Å²) < 4.78 is 17.4. The monoisotopic (exact) mass is 967 g/mol.